The van der Waals surface area contributed by atoms with Crippen LogP contribution in [0.5, 0.6) is 0 Å². The van der Waals surface area contributed by atoms with Gasteiger partial charge in [0.05, 0.1) is 18.1 Å². The van der Waals surface area contributed by atoms with Gasteiger partial charge in [-0.3, -0.25) is 4.99 Å². The first-order valence-corrected chi connectivity index (χ1v) is 5.51. The van der Waals surface area contributed by atoms with Crippen molar-refractivity contribution in [1.29, 1.82) is 0 Å². The largest absolute Gasteiger partial charge is 0.327 e. The number of rotatable bonds is 0. The van der Waals surface area contributed by atoms with Gasteiger partial charge in [0.25, 0.3) is 0 Å². The van der Waals surface area contributed by atoms with Gasteiger partial charge in [0.1, 0.15) is 4.60 Å². The van der Waals surface area contributed by atoms with E-state index < -0.39 is 0 Å². The minimum absolute atomic E-state index is 0.213. The third kappa shape index (κ3) is 1.63. The van der Waals surface area contributed by atoms with E-state index in [1.807, 2.05) is 12.5 Å². The van der Waals surface area contributed by atoms with Crippen molar-refractivity contribution in [2.75, 3.05) is 0 Å². The number of aliphatic imine (C=N–C) groups is 1. The lowest BCUT2D eigenvalue weighted by Gasteiger charge is -2.30. The van der Waals surface area contributed by atoms with Gasteiger partial charge in [-0.05, 0) is 21.3 Å². The Morgan fingerprint density at radius 2 is 2.21 bits per heavy atom. The van der Waals surface area contributed by atoms with Crippen LogP contribution in [0, 0.1) is 5.41 Å². The predicted molar refractivity (Wildman–Crippen MR) is 60.8 cm³/mol. The van der Waals surface area contributed by atoms with E-state index in [2.05, 4.69) is 51.2 Å². The molecule has 1 aromatic heterocycles. The first-order chi connectivity index (χ1) is 6.48. The lowest BCUT2D eigenvalue weighted by atomic mass is 9.86. The Bertz CT molecular complexity index is 373. The quantitative estimate of drug-likeness (QED) is 0.701. The predicted octanol–water partition coefficient (Wildman–Crippen LogP) is 2.49. The Hall–Kier alpha value is -0.640. The molecule has 0 spiro atoms. The van der Waals surface area contributed by atoms with Crippen LogP contribution in [-0.4, -0.2) is 21.8 Å². The summed E-state index contributed by atoms with van der Waals surface area (Å²) in [7, 11) is 0. The second-order valence-electron chi connectivity index (χ2n) is 4.73. The number of hydrogen-bond donors (Lipinski definition) is 0. The van der Waals surface area contributed by atoms with Crippen molar-refractivity contribution in [3.63, 3.8) is 0 Å². The first-order valence-electron chi connectivity index (χ1n) is 4.72. The maximum absolute atomic E-state index is 4.56. The first kappa shape index (κ1) is 9.90. The highest BCUT2D eigenvalue weighted by Gasteiger charge is 2.27. The molecule has 3 nitrogen and oxygen atoms in total. The summed E-state index contributed by atoms with van der Waals surface area (Å²) in [5, 5.41) is 0. The number of halogens is 1. The van der Waals surface area contributed by atoms with Gasteiger partial charge in [0.2, 0.25) is 0 Å². The monoisotopic (exact) mass is 255 g/mol. The summed E-state index contributed by atoms with van der Waals surface area (Å²) in [4.78, 5) is 8.76. The fourth-order valence-electron chi connectivity index (χ4n) is 1.53. The zero-order valence-corrected chi connectivity index (χ0v) is 10.2. The molecule has 0 saturated carbocycles. The van der Waals surface area contributed by atoms with E-state index in [1.165, 1.54) is 0 Å². The van der Waals surface area contributed by atoms with Gasteiger partial charge in [-0.1, -0.05) is 20.8 Å². The van der Waals surface area contributed by atoms with Gasteiger partial charge in [0.15, 0.2) is 0 Å². The van der Waals surface area contributed by atoms with E-state index in [0.717, 1.165) is 16.8 Å². The molecule has 14 heavy (non-hydrogen) atoms. The van der Waals surface area contributed by atoms with Gasteiger partial charge in [0, 0.05) is 12.8 Å². The summed E-state index contributed by atoms with van der Waals surface area (Å²) >= 11 is 3.40. The van der Waals surface area contributed by atoms with E-state index in [-0.39, 0.29) is 5.41 Å². The normalized spacial score (nSPS) is 21.0. The molecule has 1 aliphatic heterocycles. The number of nitrogens with zero attached hydrogens (tertiary/aromatic N) is 3. The van der Waals surface area contributed by atoms with Crippen LogP contribution in [0.1, 0.15) is 26.5 Å². The number of aromatic nitrogens is 2. The van der Waals surface area contributed by atoms with Gasteiger partial charge in [-0.25, -0.2) is 4.98 Å². The van der Waals surface area contributed by atoms with Crippen LogP contribution in [0.15, 0.2) is 15.9 Å². The number of fused-ring (bicyclic) bond motifs is 1. The summed E-state index contributed by atoms with van der Waals surface area (Å²) in [6, 6.07) is 0.344. The summed E-state index contributed by atoms with van der Waals surface area (Å²) in [6.07, 6.45) is 3.78. The smallest absolute Gasteiger partial charge is 0.133 e. The molecule has 0 amide bonds. The molecule has 0 aliphatic carbocycles. The van der Waals surface area contributed by atoms with Crippen molar-refractivity contribution in [3.05, 3.63) is 16.6 Å². The number of hydrogen-bond acceptors (Lipinski definition) is 2. The fourth-order valence-corrected chi connectivity index (χ4v) is 1.95. The average Bonchev–Trinajstić information content (AvgIpc) is 2.46. The molecular weight excluding hydrogens is 242 g/mol. The van der Waals surface area contributed by atoms with Crippen LogP contribution in [0.25, 0.3) is 0 Å². The third-order valence-corrected chi connectivity index (χ3v) is 3.19. The summed E-state index contributed by atoms with van der Waals surface area (Å²) in [5.74, 6) is 0. The van der Waals surface area contributed by atoms with Gasteiger partial charge >= 0.3 is 0 Å². The van der Waals surface area contributed by atoms with Crippen molar-refractivity contribution < 1.29 is 0 Å². The molecule has 2 heterocycles. The van der Waals surface area contributed by atoms with Crippen LogP contribution in [0.2, 0.25) is 0 Å². The second-order valence-corrected chi connectivity index (χ2v) is 5.48. The second kappa shape index (κ2) is 3.19. The Labute approximate surface area is 92.4 Å². The number of imidazole rings is 1. The molecule has 0 bridgehead atoms. The summed E-state index contributed by atoms with van der Waals surface area (Å²) < 4.78 is 3.03. The molecule has 0 N–H and O–H groups in total. The molecular formula is C10H14BrN3. The third-order valence-electron chi connectivity index (χ3n) is 2.58. The Morgan fingerprint density at radius 3 is 2.86 bits per heavy atom. The Morgan fingerprint density at radius 1 is 1.50 bits per heavy atom. The van der Waals surface area contributed by atoms with Gasteiger partial charge in [-0.15, -0.1) is 0 Å². The van der Waals surface area contributed by atoms with E-state index in [0.29, 0.717) is 6.04 Å². The van der Waals surface area contributed by atoms with Crippen molar-refractivity contribution in [3.8, 4) is 0 Å². The molecule has 0 aromatic carbocycles. The lowest BCUT2D eigenvalue weighted by Crippen LogP contribution is -2.32. The molecule has 1 aromatic rings. The van der Waals surface area contributed by atoms with Crippen LogP contribution in [0.4, 0.5) is 0 Å². The zero-order valence-electron chi connectivity index (χ0n) is 8.66. The van der Waals surface area contributed by atoms with Crippen molar-refractivity contribution >= 4 is 22.1 Å². The topological polar surface area (TPSA) is 30.2 Å². The van der Waals surface area contributed by atoms with Crippen LogP contribution < -0.4 is 0 Å². The lowest BCUT2D eigenvalue weighted by molar-refractivity contribution is 0.289. The van der Waals surface area contributed by atoms with Crippen LogP contribution >= 0.6 is 15.9 Å². The zero-order chi connectivity index (χ0) is 10.3. The molecule has 0 fully saturated rings. The maximum Gasteiger partial charge on any atom is 0.133 e. The fraction of sp³-hybridized carbons (Fsp3) is 0.600. The average molecular weight is 256 g/mol. The molecule has 1 atom stereocenters. The maximum atomic E-state index is 4.56. The van der Waals surface area contributed by atoms with Crippen LogP contribution in [-0.2, 0) is 6.54 Å². The minimum Gasteiger partial charge on any atom is -0.327 e. The molecule has 76 valence electrons. The SMILES string of the molecule is CC(C)(C)C1Cn2cnc(Br)c2C=N1. The standard InChI is InChI=1S/C10H14BrN3/c1-10(2,3)8-5-14-6-13-9(11)7(14)4-12-8/h4,6,8H,5H2,1-3H3. The van der Waals surface area contributed by atoms with E-state index in [9.17, 15) is 0 Å². The Kier molecular flexibility index (Phi) is 2.26. The summed E-state index contributed by atoms with van der Waals surface area (Å²) in [5.41, 5.74) is 1.29. The van der Waals surface area contributed by atoms with Gasteiger partial charge < -0.3 is 4.57 Å². The highest BCUT2D eigenvalue weighted by atomic mass is 79.9. The van der Waals surface area contributed by atoms with E-state index in [1.54, 1.807) is 0 Å². The molecule has 1 unspecified atom stereocenters. The molecule has 0 radical (unpaired) electrons. The van der Waals surface area contributed by atoms with Crippen molar-refractivity contribution in [2.24, 2.45) is 10.4 Å². The van der Waals surface area contributed by atoms with Crippen molar-refractivity contribution in [1.82, 2.24) is 9.55 Å². The molecule has 0 saturated heterocycles. The van der Waals surface area contributed by atoms with Crippen molar-refractivity contribution in [2.45, 2.75) is 33.4 Å². The van der Waals surface area contributed by atoms with E-state index in [4.69, 9.17) is 0 Å². The molecule has 4 heteroatoms. The summed E-state index contributed by atoms with van der Waals surface area (Å²) in [6.45, 7) is 7.57. The highest BCUT2D eigenvalue weighted by molar-refractivity contribution is 9.10. The van der Waals surface area contributed by atoms with Gasteiger partial charge in [-0.2, -0.15) is 0 Å². The minimum atomic E-state index is 0.213. The van der Waals surface area contributed by atoms with Crippen LogP contribution in [0.3, 0.4) is 0 Å². The molecule has 1 aliphatic rings. The molecule has 2 rings (SSSR count). The van der Waals surface area contributed by atoms with E-state index >= 15 is 0 Å². The highest BCUT2D eigenvalue weighted by Crippen LogP contribution is 2.27. The Balaban J connectivity index is 2.31.